The first-order chi connectivity index (χ1) is 4.69. The Kier molecular flexibility index (Phi) is 2.25. The molecule has 0 unspecified atom stereocenters. The average molecular weight is 148 g/mol. The third kappa shape index (κ3) is 1.29. The molecule has 0 aromatic carbocycles. The summed E-state index contributed by atoms with van der Waals surface area (Å²) >= 11 is 0. The van der Waals surface area contributed by atoms with Crippen molar-refractivity contribution in [1.82, 2.24) is 0 Å². The Morgan fingerprint density at radius 2 is 2.00 bits per heavy atom. The van der Waals surface area contributed by atoms with Crippen molar-refractivity contribution < 1.29 is 19.7 Å². The summed E-state index contributed by atoms with van der Waals surface area (Å²) in [5.41, 5.74) is 0. The lowest BCUT2D eigenvalue weighted by atomic mass is 10.2. The molecule has 0 aliphatic carbocycles. The van der Waals surface area contributed by atoms with Gasteiger partial charge in [-0.05, 0) is 6.92 Å². The van der Waals surface area contributed by atoms with E-state index in [4.69, 9.17) is 19.7 Å². The molecule has 1 heterocycles. The van der Waals surface area contributed by atoms with Gasteiger partial charge in [0.1, 0.15) is 6.10 Å². The van der Waals surface area contributed by atoms with Gasteiger partial charge in [0.25, 0.3) is 0 Å². The van der Waals surface area contributed by atoms with E-state index in [1.54, 1.807) is 6.92 Å². The largest absolute Gasteiger partial charge is 0.393 e. The van der Waals surface area contributed by atoms with Crippen molar-refractivity contribution in [1.29, 1.82) is 0 Å². The van der Waals surface area contributed by atoms with Crippen LogP contribution in [0.5, 0.6) is 0 Å². The Hall–Kier alpha value is -0.160. The molecule has 1 fully saturated rings. The second-order valence-corrected chi connectivity index (χ2v) is 2.41. The van der Waals surface area contributed by atoms with E-state index in [1.165, 1.54) is 0 Å². The molecule has 1 rings (SSSR count). The highest BCUT2D eigenvalue weighted by Crippen LogP contribution is 2.22. The van der Waals surface area contributed by atoms with E-state index in [2.05, 4.69) is 0 Å². The summed E-state index contributed by atoms with van der Waals surface area (Å²) in [6, 6.07) is 0. The van der Waals surface area contributed by atoms with E-state index in [9.17, 15) is 0 Å². The Morgan fingerprint density at radius 1 is 1.50 bits per heavy atom. The van der Waals surface area contributed by atoms with Crippen LogP contribution in [0.2, 0.25) is 0 Å². The number of aliphatic hydroxyl groups excluding tert-OH is 2. The summed E-state index contributed by atoms with van der Waals surface area (Å²) < 4.78 is 10.1. The number of rotatable bonds is 2. The average Bonchev–Trinajstić information content (AvgIpc) is 2.36. The van der Waals surface area contributed by atoms with Gasteiger partial charge in [0.2, 0.25) is 0 Å². The van der Waals surface area contributed by atoms with Crippen LogP contribution in [0.4, 0.5) is 0 Å². The second-order valence-electron chi connectivity index (χ2n) is 2.41. The van der Waals surface area contributed by atoms with E-state index in [0.717, 1.165) is 0 Å². The Bertz CT molecular complexity index is 108. The predicted molar refractivity (Wildman–Crippen MR) is 33.4 cm³/mol. The van der Waals surface area contributed by atoms with Crippen molar-refractivity contribution in [2.45, 2.75) is 18.8 Å². The van der Waals surface area contributed by atoms with Crippen LogP contribution in [-0.2, 0) is 9.47 Å². The summed E-state index contributed by atoms with van der Waals surface area (Å²) in [6.45, 7) is 2.23. The molecule has 0 bridgehead atoms. The van der Waals surface area contributed by atoms with Crippen molar-refractivity contribution in [2.24, 2.45) is 0 Å². The van der Waals surface area contributed by atoms with E-state index in [1.807, 2.05) is 0 Å². The maximum atomic E-state index is 9.12. The first-order valence-corrected chi connectivity index (χ1v) is 3.26. The Balaban J connectivity index is 2.49. The molecule has 0 radical (unpaired) electrons. The van der Waals surface area contributed by atoms with E-state index in [0.29, 0.717) is 13.2 Å². The predicted octanol–water partition coefficient (Wildman–Crippen LogP) is -0.897. The minimum atomic E-state index is -0.991. The Labute approximate surface area is 59.4 Å². The van der Waals surface area contributed by atoms with Gasteiger partial charge in [0.15, 0.2) is 5.79 Å². The van der Waals surface area contributed by atoms with Gasteiger partial charge in [-0.2, -0.15) is 0 Å². The van der Waals surface area contributed by atoms with Gasteiger partial charge in [0.05, 0.1) is 19.8 Å². The first kappa shape index (κ1) is 7.94. The smallest absolute Gasteiger partial charge is 0.193 e. The highest BCUT2D eigenvalue weighted by molar-refractivity contribution is 4.76. The van der Waals surface area contributed by atoms with E-state index < -0.39 is 11.9 Å². The lowest BCUT2D eigenvalue weighted by molar-refractivity contribution is -0.215. The highest BCUT2D eigenvalue weighted by Gasteiger charge is 2.38. The molecule has 1 atom stereocenters. The standard InChI is InChI=1S/C6H12O4/c1-6(5(8)4-7)9-2-3-10-6/h5,7-8H,2-4H2,1H3/t5-/m0/s1. The second kappa shape index (κ2) is 2.84. The molecule has 2 N–H and O–H groups in total. The van der Waals surface area contributed by atoms with Crippen molar-refractivity contribution in [2.75, 3.05) is 19.8 Å². The maximum Gasteiger partial charge on any atom is 0.193 e. The molecular formula is C6H12O4. The number of hydrogen-bond donors (Lipinski definition) is 2. The fraction of sp³-hybridized carbons (Fsp3) is 1.00. The normalized spacial score (nSPS) is 26.7. The molecule has 60 valence electrons. The molecule has 0 amide bonds. The molecule has 0 aromatic rings. The SMILES string of the molecule is CC1([C@@H](O)CO)OCCO1. The quantitative estimate of drug-likeness (QED) is 0.533. The minimum absolute atomic E-state index is 0.337. The van der Waals surface area contributed by atoms with Gasteiger partial charge in [-0.3, -0.25) is 0 Å². The third-order valence-electron chi connectivity index (χ3n) is 1.64. The number of hydrogen-bond acceptors (Lipinski definition) is 4. The zero-order valence-electron chi connectivity index (χ0n) is 5.91. The summed E-state index contributed by atoms with van der Waals surface area (Å²) in [5, 5.41) is 17.7. The van der Waals surface area contributed by atoms with Crippen molar-refractivity contribution in [3.8, 4) is 0 Å². The van der Waals surface area contributed by atoms with Crippen LogP contribution >= 0.6 is 0 Å². The van der Waals surface area contributed by atoms with Gasteiger partial charge in [-0.25, -0.2) is 0 Å². The molecule has 10 heavy (non-hydrogen) atoms. The molecule has 1 aliphatic heterocycles. The molecule has 0 spiro atoms. The van der Waals surface area contributed by atoms with Gasteiger partial charge >= 0.3 is 0 Å². The van der Waals surface area contributed by atoms with Crippen LogP contribution in [0.25, 0.3) is 0 Å². The molecule has 0 aromatic heterocycles. The molecule has 4 heteroatoms. The summed E-state index contributed by atoms with van der Waals surface area (Å²) in [7, 11) is 0. The molecular weight excluding hydrogens is 136 g/mol. The number of ether oxygens (including phenoxy) is 2. The fourth-order valence-corrected chi connectivity index (χ4v) is 0.889. The van der Waals surface area contributed by atoms with E-state index >= 15 is 0 Å². The summed E-state index contributed by atoms with van der Waals surface area (Å²) in [6.07, 6.45) is -0.949. The van der Waals surface area contributed by atoms with Crippen LogP contribution in [0, 0.1) is 0 Å². The lowest BCUT2D eigenvalue weighted by Crippen LogP contribution is -2.42. The van der Waals surface area contributed by atoms with Crippen molar-refractivity contribution >= 4 is 0 Å². The zero-order valence-corrected chi connectivity index (χ0v) is 5.91. The zero-order chi connectivity index (χ0) is 7.61. The monoisotopic (exact) mass is 148 g/mol. The molecule has 1 saturated heterocycles. The van der Waals surface area contributed by atoms with E-state index in [-0.39, 0.29) is 6.61 Å². The first-order valence-electron chi connectivity index (χ1n) is 3.26. The summed E-state index contributed by atoms with van der Waals surface area (Å²) in [4.78, 5) is 0. The van der Waals surface area contributed by atoms with Crippen LogP contribution < -0.4 is 0 Å². The van der Waals surface area contributed by atoms with Gasteiger partial charge in [-0.15, -0.1) is 0 Å². The van der Waals surface area contributed by atoms with Gasteiger partial charge in [-0.1, -0.05) is 0 Å². The summed E-state index contributed by atoms with van der Waals surface area (Å²) in [5.74, 6) is -0.991. The lowest BCUT2D eigenvalue weighted by Gasteiger charge is -2.26. The van der Waals surface area contributed by atoms with Gasteiger partial charge in [0, 0.05) is 0 Å². The fourth-order valence-electron chi connectivity index (χ4n) is 0.889. The Morgan fingerprint density at radius 3 is 2.40 bits per heavy atom. The van der Waals surface area contributed by atoms with Crippen LogP contribution in [0.15, 0.2) is 0 Å². The van der Waals surface area contributed by atoms with Crippen molar-refractivity contribution in [3.63, 3.8) is 0 Å². The maximum absolute atomic E-state index is 9.12. The molecule has 1 aliphatic rings. The van der Waals surface area contributed by atoms with Crippen LogP contribution in [0.3, 0.4) is 0 Å². The van der Waals surface area contributed by atoms with Crippen LogP contribution in [0.1, 0.15) is 6.92 Å². The van der Waals surface area contributed by atoms with Gasteiger partial charge < -0.3 is 19.7 Å². The molecule has 0 saturated carbocycles. The highest BCUT2D eigenvalue weighted by atomic mass is 16.7. The minimum Gasteiger partial charge on any atom is -0.393 e. The topological polar surface area (TPSA) is 58.9 Å². The number of aliphatic hydroxyl groups is 2. The van der Waals surface area contributed by atoms with Crippen LogP contribution in [-0.4, -0.2) is 41.9 Å². The van der Waals surface area contributed by atoms with Crippen molar-refractivity contribution in [3.05, 3.63) is 0 Å². The molecule has 4 nitrogen and oxygen atoms in total. The third-order valence-corrected chi connectivity index (χ3v) is 1.64.